The Kier molecular flexibility index (Phi) is 3.82. The largest absolute Gasteiger partial charge is 0.508 e. The van der Waals surface area contributed by atoms with E-state index in [2.05, 4.69) is 12.2 Å². The zero-order valence-electron chi connectivity index (χ0n) is 10.2. The second-order valence-corrected chi connectivity index (χ2v) is 4.21. The van der Waals surface area contributed by atoms with Gasteiger partial charge in [-0.15, -0.1) is 0 Å². The van der Waals surface area contributed by atoms with Crippen molar-refractivity contribution in [3.63, 3.8) is 0 Å². The minimum absolute atomic E-state index is 0.104. The molecule has 3 heteroatoms. The van der Waals surface area contributed by atoms with Gasteiger partial charge in [0, 0.05) is 5.69 Å². The summed E-state index contributed by atoms with van der Waals surface area (Å²) in [7, 11) is 0. The van der Waals surface area contributed by atoms with E-state index in [-0.39, 0.29) is 17.6 Å². The molecule has 0 amide bonds. The van der Waals surface area contributed by atoms with Gasteiger partial charge in [-0.05, 0) is 42.3 Å². The van der Waals surface area contributed by atoms with Gasteiger partial charge in [0.05, 0.1) is 6.04 Å². The van der Waals surface area contributed by atoms with Gasteiger partial charge in [-0.2, -0.15) is 0 Å². The first-order valence-corrected chi connectivity index (χ1v) is 6.00. The molecule has 0 bridgehead atoms. The van der Waals surface area contributed by atoms with E-state index in [1.807, 2.05) is 18.2 Å². The van der Waals surface area contributed by atoms with E-state index < -0.39 is 0 Å². The number of hydrogen-bond donors (Lipinski definition) is 2. The van der Waals surface area contributed by atoms with E-state index in [0.29, 0.717) is 0 Å². The number of phenols is 1. The number of anilines is 1. The summed E-state index contributed by atoms with van der Waals surface area (Å²) >= 11 is 0. The van der Waals surface area contributed by atoms with Crippen molar-refractivity contribution in [2.24, 2.45) is 0 Å². The minimum atomic E-state index is -0.249. The van der Waals surface area contributed by atoms with Gasteiger partial charge < -0.3 is 10.4 Å². The Morgan fingerprint density at radius 2 is 1.89 bits per heavy atom. The van der Waals surface area contributed by atoms with E-state index in [1.54, 1.807) is 18.2 Å². The van der Waals surface area contributed by atoms with Crippen LogP contribution < -0.4 is 5.32 Å². The molecule has 2 rings (SSSR count). The maximum atomic E-state index is 13.1. The predicted molar refractivity (Wildman–Crippen MR) is 71.2 cm³/mol. The van der Waals surface area contributed by atoms with Gasteiger partial charge in [-0.3, -0.25) is 0 Å². The second kappa shape index (κ2) is 5.54. The van der Waals surface area contributed by atoms with E-state index in [4.69, 9.17) is 0 Å². The Bertz CT molecular complexity index is 510. The highest BCUT2D eigenvalue weighted by molar-refractivity contribution is 5.46. The van der Waals surface area contributed by atoms with Gasteiger partial charge in [0.2, 0.25) is 0 Å². The summed E-state index contributed by atoms with van der Waals surface area (Å²) in [5, 5.41) is 12.6. The van der Waals surface area contributed by atoms with Crippen molar-refractivity contribution in [3.8, 4) is 5.75 Å². The molecule has 1 unspecified atom stereocenters. The molecule has 2 N–H and O–H groups in total. The molecule has 0 fully saturated rings. The van der Waals surface area contributed by atoms with Crippen molar-refractivity contribution in [1.82, 2.24) is 0 Å². The zero-order chi connectivity index (χ0) is 13.0. The Hall–Kier alpha value is -2.03. The fourth-order valence-corrected chi connectivity index (χ4v) is 1.91. The molecule has 0 saturated carbocycles. The number of benzene rings is 2. The Balaban J connectivity index is 2.17. The summed E-state index contributed by atoms with van der Waals surface area (Å²) in [6.07, 6.45) is 0.876. The quantitative estimate of drug-likeness (QED) is 0.850. The van der Waals surface area contributed by atoms with E-state index in [9.17, 15) is 9.50 Å². The fraction of sp³-hybridized carbons (Fsp3) is 0.200. The molecule has 0 aromatic heterocycles. The van der Waals surface area contributed by atoms with Gasteiger partial charge in [0.1, 0.15) is 11.6 Å². The molecule has 0 aliphatic heterocycles. The molecule has 0 aliphatic carbocycles. The first-order valence-electron chi connectivity index (χ1n) is 6.00. The lowest BCUT2D eigenvalue weighted by molar-refractivity contribution is 0.475. The van der Waals surface area contributed by atoms with Crippen molar-refractivity contribution in [3.05, 3.63) is 59.9 Å². The molecular formula is C15H16FNO. The first kappa shape index (κ1) is 12.4. The molecule has 0 spiro atoms. The number of halogens is 1. The van der Waals surface area contributed by atoms with Crippen molar-refractivity contribution >= 4 is 5.69 Å². The average Bonchev–Trinajstić information content (AvgIpc) is 2.37. The van der Waals surface area contributed by atoms with Crippen molar-refractivity contribution in [2.45, 2.75) is 19.4 Å². The first-order chi connectivity index (χ1) is 8.69. The molecule has 18 heavy (non-hydrogen) atoms. The Morgan fingerprint density at radius 1 is 1.17 bits per heavy atom. The standard InChI is InChI=1S/C15H16FNO/c1-2-15(11-6-8-14(18)9-7-11)17-13-5-3-4-12(16)10-13/h3-10,15,17-18H,2H2,1H3. The summed E-state index contributed by atoms with van der Waals surface area (Å²) in [6.45, 7) is 2.06. The minimum Gasteiger partial charge on any atom is -0.508 e. The van der Waals surface area contributed by atoms with E-state index in [0.717, 1.165) is 17.7 Å². The van der Waals surface area contributed by atoms with E-state index >= 15 is 0 Å². The molecule has 2 aromatic carbocycles. The summed E-state index contributed by atoms with van der Waals surface area (Å²) in [5.74, 6) is -0.0000761. The second-order valence-electron chi connectivity index (χ2n) is 4.21. The summed E-state index contributed by atoms with van der Waals surface area (Å²) < 4.78 is 13.1. The third kappa shape index (κ3) is 3.00. The summed E-state index contributed by atoms with van der Waals surface area (Å²) in [4.78, 5) is 0. The number of hydrogen-bond acceptors (Lipinski definition) is 2. The fourth-order valence-electron chi connectivity index (χ4n) is 1.91. The third-order valence-electron chi connectivity index (χ3n) is 2.87. The monoisotopic (exact) mass is 245 g/mol. The maximum Gasteiger partial charge on any atom is 0.125 e. The van der Waals surface area contributed by atoms with Crippen LogP contribution in [0, 0.1) is 5.82 Å². The van der Waals surface area contributed by atoms with Crippen molar-refractivity contribution < 1.29 is 9.50 Å². The number of phenolic OH excluding ortho intramolecular Hbond substituents is 1. The molecule has 0 heterocycles. The zero-order valence-corrected chi connectivity index (χ0v) is 10.2. The lowest BCUT2D eigenvalue weighted by atomic mass is 10.0. The highest BCUT2D eigenvalue weighted by Gasteiger charge is 2.09. The highest BCUT2D eigenvalue weighted by Crippen LogP contribution is 2.24. The Morgan fingerprint density at radius 3 is 2.50 bits per heavy atom. The van der Waals surface area contributed by atoms with Gasteiger partial charge in [-0.25, -0.2) is 4.39 Å². The van der Waals surface area contributed by atoms with Crippen LogP contribution in [0.15, 0.2) is 48.5 Å². The normalized spacial score (nSPS) is 12.1. The molecule has 1 atom stereocenters. The van der Waals surface area contributed by atoms with Gasteiger partial charge in [-0.1, -0.05) is 25.1 Å². The number of rotatable bonds is 4. The third-order valence-corrected chi connectivity index (χ3v) is 2.87. The van der Waals surface area contributed by atoms with Crippen LogP contribution in [-0.4, -0.2) is 5.11 Å². The van der Waals surface area contributed by atoms with Crippen LogP contribution in [0.5, 0.6) is 5.75 Å². The molecule has 94 valence electrons. The molecule has 2 aromatic rings. The van der Waals surface area contributed by atoms with E-state index in [1.165, 1.54) is 12.1 Å². The molecule has 0 radical (unpaired) electrons. The summed E-state index contributed by atoms with van der Waals surface area (Å²) in [5.41, 5.74) is 1.83. The van der Waals surface area contributed by atoms with Crippen molar-refractivity contribution in [1.29, 1.82) is 0 Å². The van der Waals surface area contributed by atoms with Gasteiger partial charge in [0.25, 0.3) is 0 Å². The number of aromatic hydroxyl groups is 1. The summed E-state index contributed by atoms with van der Waals surface area (Å²) in [6, 6.07) is 13.6. The average molecular weight is 245 g/mol. The SMILES string of the molecule is CCC(Nc1cccc(F)c1)c1ccc(O)cc1. The van der Waals surface area contributed by atoms with Crippen LogP contribution in [0.25, 0.3) is 0 Å². The van der Waals surface area contributed by atoms with Crippen LogP contribution in [0.1, 0.15) is 24.9 Å². The lowest BCUT2D eigenvalue weighted by Gasteiger charge is -2.18. The van der Waals surface area contributed by atoms with Crippen LogP contribution in [0.4, 0.5) is 10.1 Å². The predicted octanol–water partition coefficient (Wildman–Crippen LogP) is 4.09. The topological polar surface area (TPSA) is 32.3 Å². The molecule has 0 saturated heterocycles. The van der Waals surface area contributed by atoms with Crippen LogP contribution in [0.2, 0.25) is 0 Å². The van der Waals surface area contributed by atoms with Crippen LogP contribution in [0.3, 0.4) is 0 Å². The van der Waals surface area contributed by atoms with Gasteiger partial charge >= 0.3 is 0 Å². The van der Waals surface area contributed by atoms with Crippen LogP contribution in [-0.2, 0) is 0 Å². The number of nitrogens with one attached hydrogen (secondary N) is 1. The lowest BCUT2D eigenvalue weighted by Crippen LogP contribution is -2.09. The highest BCUT2D eigenvalue weighted by atomic mass is 19.1. The van der Waals surface area contributed by atoms with Gasteiger partial charge in [0.15, 0.2) is 0 Å². The van der Waals surface area contributed by atoms with Crippen molar-refractivity contribution in [2.75, 3.05) is 5.32 Å². The maximum absolute atomic E-state index is 13.1. The molecule has 2 nitrogen and oxygen atoms in total. The molecular weight excluding hydrogens is 229 g/mol. The Labute approximate surface area is 106 Å². The smallest absolute Gasteiger partial charge is 0.125 e. The van der Waals surface area contributed by atoms with Crippen LogP contribution >= 0.6 is 0 Å². The molecule has 0 aliphatic rings.